The number of H-pyrrole nitrogens is 1. The summed E-state index contributed by atoms with van der Waals surface area (Å²) in [5, 5.41) is 3.15. The summed E-state index contributed by atoms with van der Waals surface area (Å²) < 4.78 is 6.16. The van der Waals surface area contributed by atoms with Gasteiger partial charge < -0.3 is 19.9 Å². The summed E-state index contributed by atoms with van der Waals surface area (Å²) in [6, 6.07) is 6.01. The van der Waals surface area contributed by atoms with E-state index in [0.29, 0.717) is 43.1 Å². The molecule has 2 N–H and O–H groups in total. The molecule has 0 spiro atoms. The van der Waals surface area contributed by atoms with E-state index in [1.807, 2.05) is 37.8 Å². The number of aryl methyl sites for hydroxylation is 2. The van der Waals surface area contributed by atoms with E-state index in [2.05, 4.69) is 33.3 Å². The molecule has 184 valence electrons. The zero-order chi connectivity index (χ0) is 24.7. The van der Waals surface area contributed by atoms with Gasteiger partial charge in [-0.3, -0.25) is 9.59 Å². The second-order valence-electron chi connectivity index (χ2n) is 10.0. The Kier molecular flexibility index (Phi) is 6.21. The fraction of sp³-hybridized carbons (Fsp3) is 0.481. The highest BCUT2D eigenvalue weighted by molar-refractivity contribution is 6.09. The number of carbonyl (C=O) groups excluding carboxylic acids is 2. The number of likely N-dealkylation sites (tertiary alicyclic amines) is 1. The highest BCUT2D eigenvalue weighted by atomic mass is 16.5. The Labute approximate surface area is 205 Å². The molecular weight excluding hydrogens is 442 g/mol. The van der Waals surface area contributed by atoms with Crippen molar-refractivity contribution >= 4 is 22.8 Å². The minimum absolute atomic E-state index is 0.0946. The number of benzene rings is 1. The van der Waals surface area contributed by atoms with Crippen LogP contribution in [0.25, 0.3) is 22.3 Å². The average Bonchev–Trinajstić information content (AvgIpc) is 3.51. The summed E-state index contributed by atoms with van der Waals surface area (Å²) in [4.78, 5) is 39.8. The fourth-order valence-corrected chi connectivity index (χ4v) is 4.87. The lowest BCUT2D eigenvalue weighted by molar-refractivity contribution is -0.129. The molecule has 2 aromatic heterocycles. The minimum Gasteiger partial charge on any atom is -0.493 e. The predicted octanol–water partition coefficient (Wildman–Crippen LogP) is 4.02. The zero-order valence-corrected chi connectivity index (χ0v) is 20.9. The first-order valence-corrected chi connectivity index (χ1v) is 12.5. The van der Waals surface area contributed by atoms with Crippen LogP contribution in [0.3, 0.4) is 0 Å². The van der Waals surface area contributed by atoms with Gasteiger partial charge in [0.2, 0.25) is 5.91 Å². The lowest BCUT2D eigenvalue weighted by Gasteiger charge is -2.17. The maximum Gasteiger partial charge on any atom is 0.255 e. The molecule has 2 amide bonds. The first-order valence-electron chi connectivity index (χ1n) is 12.5. The number of ether oxygens (including phenoxy) is 1. The average molecular weight is 476 g/mol. The van der Waals surface area contributed by atoms with Crippen LogP contribution in [0.2, 0.25) is 0 Å². The van der Waals surface area contributed by atoms with Gasteiger partial charge in [-0.2, -0.15) is 0 Å². The van der Waals surface area contributed by atoms with E-state index in [1.54, 1.807) is 0 Å². The Morgan fingerprint density at radius 3 is 2.74 bits per heavy atom. The van der Waals surface area contributed by atoms with Gasteiger partial charge in [-0.15, -0.1) is 0 Å². The van der Waals surface area contributed by atoms with Crippen LogP contribution in [-0.2, 0) is 4.79 Å². The van der Waals surface area contributed by atoms with E-state index in [-0.39, 0.29) is 23.8 Å². The third kappa shape index (κ3) is 4.61. The summed E-state index contributed by atoms with van der Waals surface area (Å²) in [5.74, 6) is 1.55. The van der Waals surface area contributed by atoms with Crippen LogP contribution in [-0.4, -0.2) is 57.4 Å². The number of nitrogens with zero attached hydrogens (tertiary/aromatic N) is 3. The molecule has 1 aromatic carbocycles. The maximum absolute atomic E-state index is 13.4. The number of carbonyl (C=O) groups is 2. The van der Waals surface area contributed by atoms with Gasteiger partial charge >= 0.3 is 0 Å². The highest BCUT2D eigenvalue weighted by Gasteiger charge is 2.34. The highest BCUT2D eigenvalue weighted by Crippen LogP contribution is 2.37. The van der Waals surface area contributed by atoms with Gasteiger partial charge in [0.1, 0.15) is 23.3 Å². The summed E-state index contributed by atoms with van der Waals surface area (Å²) in [6.07, 6.45) is 4.42. The second-order valence-corrected chi connectivity index (χ2v) is 10.0. The number of fused-ring (bicyclic) bond motifs is 1. The molecule has 8 nitrogen and oxygen atoms in total. The van der Waals surface area contributed by atoms with E-state index < -0.39 is 0 Å². The van der Waals surface area contributed by atoms with Crippen molar-refractivity contribution in [1.29, 1.82) is 0 Å². The van der Waals surface area contributed by atoms with Crippen LogP contribution >= 0.6 is 0 Å². The molecule has 8 heteroatoms. The molecule has 35 heavy (non-hydrogen) atoms. The van der Waals surface area contributed by atoms with Crippen molar-refractivity contribution in [3.63, 3.8) is 0 Å². The van der Waals surface area contributed by atoms with Crippen molar-refractivity contribution in [2.24, 2.45) is 11.8 Å². The maximum atomic E-state index is 13.4. The molecule has 0 unspecified atom stereocenters. The number of hydrogen-bond donors (Lipinski definition) is 2. The molecule has 1 saturated heterocycles. The third-order valence-electron chi connectivity index (χ3n) is 7.14. The van der Waals surface area contributed by atoms with Gasteiger partial charge in [-0.05, 0) is 50.7 Å². The van der Waals surface area contributed by atoms with Crippen LogP contribution in [0, 0.1) is 25.7 Å². The normalized spacial score (nSPS) is 19.8. The van der Waals surface area contributed by atoms with Gasteiger partial charge in [-0.25, -0.2) is 9.97 Å². The molecule has 1 saturated carbocycles. The summed E-state index contributed by atoms with van der Waals surface area (Å²) in [6.45, 7) is 9.75. The molecule has 3 heterocycles. The van der Waals surface area contributed by atoms with Crippen LogP contribution in [0.4, 0.5) is 0 Å². The molecular formula is C27H33N5O3. The van der Waals surface area contributed by atoms with Crippen molar-refractivity contribution in [2.45, 2.75) is 53.0 Å². The summed E-state index contributed by atoms with van der Waals surface area (Å²) in [5.41, 5.74) is 5.29. The Morgan fingerprint density at radius 1 is 1.20 bits per heavy atom. The SMILES string of the molecule is CCC(=O)N1C[C@H](C)[C@H](NC(=O)c2c(C)[nH]c3c(-c4cc(C)ccc4OCC4CC4)ncnc23)C1. The third-order valence-corrected chi connectivity index (χ3v) is 7.14. The Balaban J connectivity index is 1.46. The largest absolute Gasteiger partial charge is 0.493 e. The molecule has 2 aliphatic rings. The molecule has 0 bridgehead atoms. The van der Waals surface area contributed by atoms with Gasteiger partial charge in [0.25, 0.3) is 5.91 Å². The molecule has 2 atom stereocenters. The number of amides is 2. The van der Waals surface area contributed by atoms with Crippen molar-refractivity contribution in [3.8, 4) is 17.0 Å². The van der Waals surface area contributed by atoms with Gasteiger partial charge in [0.15, 0.2) is 0 Å². The lowest BCUT2D eigenvalue weighted by Crippen LogP contribution is -2.40. The number of hydrogen-bond acceptors (Lipinski definition) is 5. The van der Waals surface area contributed by atoms with Gasteiger partial charge in [0.05, 0.1) is 23.7 Å². The summed E-state index contributed by atoms with van der Waals surface area (Å²) >= 11 is 0. The smallest absolute Gasteiger partial charge is 0.255 e. The Morgan fingerprint density at radius 2 is 2.00 bits per heavy atom. The first-order chi connectivity index (χ1) is 16.9. The molecule has 5 rings (SSSR count). The van der Waals surface area contributed by atoms with Crippen LogP contribution in [0.1, 0.15) is 54.7 Å². The Hall–Kier alpha value is -3.42. The second kappa shape index (κ2) is 9.32. The number of rotatable bonds is 7. The van der Waals surface area contributed by atoms with Crippen molar-refractivity contribution < 1.29 is 14.3 Å². The topological polar surface area (TPSA) is 100 Å². The molecule has 0 radical (unpaired) electrons. The van der Waals surface area contributed by atoms with E-state index in [4.69, 9.17) is 4.74 Å². The summed E-state index contributed by atoms with van der Waals surface area (Å²) in [7, 11) is 0. The van der Waals surface area contributed by atoms with E-state index in [9.17, 15) is 9.59 Å². The fourth-order valence-electron chi connectivity index (χ4n) is 4.87. The quantitative estimate of drug-likeness (QED) is 0.538. The van der Waals surface area contributed by atoms with Crippen LogP contribution in [0.5, 0.6) is 5.75 Å². The standard InChI is InChI=1S/C27H33N5O3/c1-5-22(33)32-11-16(3)20(12-32)31-27(34)23-17(4)30-26-24(28-14-29-25(23)26)19-10-15(2)6-9-21(19)35-13-18-7-8-18/h6,9-10,14,16,18,20,30H,5,7-8,11-13H2,1-4H3,(H,31,34)/t16-,20+/m0/s1. The van der Waals surface area contributed by atoms with E-state index in [0.717, 1.165) is 33.8 Å². The number of nitrogens with one attached hydrogen (secondary N) is 2. The predicted molar refractivity (Wildman–Crippen MR) is 134 cm³/mol. The first kappa shape index (κ1) is 23.3. The van der Waals surface area contributed by atoms with Crippen molar-refractivity contribution in [1.82, 2.24) is 25.2 Å². The van der Waals surface area contributed by atoms with Crippen LogP contribution < -0.4 is 10.1 Å². The Bertz CT molecular complexity index is 1280. The molecule has 3 aromatic rings. The van der Waals surface area contributed by atoms with Gasteiger partial charge in [-0.1, -0.05) is 25.5 Å². The number of aromatic nitrogens is 3. The zero-order valence-electron chi connectivity index (χ0n) is 20.9. The van der Waals surface area contributed by atoms with E-state index >= 15 is 0 Å². The molecule has 1 aliphatic heterocycles. The van der Waals surface area contributed by atoms with Crippen LogP contribution in [0.15, 0.2) is 24.5 Å². The van der Waals surface area contributed by atoms with Gasteiger partial charge in [0, 0.05) is 30.8 Å². The monoisotopic (exact) mass is 475 g/mol. The lowest BCUT2D eigenvalue weighted by atomic mass is 10.0. The van der Waals surface area contributed by atoms with Crippen molar-refractivity contribution in [2.75, 3.05) is 19.7 Å². The van der Waals surface area contributed by atoms with E-state index in [1.165, 1.54) is 19.2 Å². The minimum atomic E-state index is -0.185. The molecule has 2 fully saturated rings. The number of aromatic amines is 1. The molecule has 1 aliphatic carbocycles. The van der Waals surface area contributed by atoms with Crippen molar-refractivity contribution in [3.05, 3.63) is 41.3 Å².